The molecule has 1 heterocycles. The molecule has 0 aliphatic heterocycles. The van der Waals surface area contributed by atoms with Gasteiger partial charge >= 0.3 is 6.36 Å². The van der Waals surface area contributed by atoms with Gasteiger partial charge in [0.25, 0.3) is 0 Å². The van der Waals surface area contributed by atoms with Gasteiger partial charge in [-0.1, -0.05) is 0 Å². The standard InChI is InChI=1S/C8H8F3IN2O/c1-4-5(3-13)2-6(12)14-7(4)15-8(9,10)11/h2H,3,13H2,1H3. The molecule has 0 atom stereocenters. The third-order valence-corrected chi connectivity index (χ3v) is 2.29. The van der Waals surface area contributed by atoms with Gasteiger partial charge in [0.2, 0.25) is 5.88 Å². The molecule has 0 amide bonds. The van der Waals surface area contributed by atoms with Crippen LogP contribution in [0.15, 0.2) is 6.07 Å². The lowest BCUT2D eigenvalue weighted by Gasteiger charge is -2.12. The maximum atomic E-state index is 12.0. The van der Waals surface area contributed by atoms with Gasteiger partial charge < -0.3 is 10.5 Å². The molecule has 0 bridgehead atoms. The molecule has 0 saturated heterocycles. The third kappa shape index (κ3) is 3.49. The number of ether oxygens (including phenoxy) is 1. The first kappa shape index (κ1) is 12.5. The fourth-order valence-corrected chi connectivity index (χ4v) is 1.62. The molecule has 0 unspecified atom stereocenters. The Kier molecular flexibility index (Phi) is 3.77. The van der Waals surface area contributed by atoms with Crippen molar-refractivity contribution in [3.63, 3.8) is 0 Å². The number of nitrogens with two attached hydrogens (primary N) is 1. The Bertz CT molecular complexity index is 368. The van der Waals surface area contributed by atoms with E-state index in [-0.39, 0.29) is 6.54 Å². The zero-order chi connectivity index (χ0) is 11.6. The van der Waals surface area contributed by atoms with E-state index in [2.05, 4.69) is 9.72 Å². The van der Waals surface area contributed by atoms with Crippen molar-refractivity contribution in [2.75, 3.05) is 0 Å². The van der Waals surface area contributed by atoms with Gasteiger partial charge in [-0.05, 0) is 41.1 Å². The van der Waals surface area contributed by atoms with Gasteiger partial charge in [0.1, 0.15) is 3.70 Å². The van der Waals surface area contributed by atoms with Crippen molar-refractivity contribution < 1.29 is 17.9 Å². The second-order valence-electron chi connectivity index (χ2n) is 2.79. The highest BCUT2D eigenvalue weighted by Crippen LogP contribution is 2.27. The van der Waals surface area contributed by atoms with Gasteiger partial charge in [-0.15, -0.1) is 13.2 Å². The monoisotopic (exact) mass is 332 g/mol. The molecular formula is C8H8F3IN2O. The molecule has 1 aromatic rings. The Morgan fingerprint density at radius 3 is 2.60 bits per heavy atom. The van der Waals surface area contributed by atoms with Gasteiger partial charge in [0.05, 0.1) is 0 Å². The zero-order valence-electron chi connectivity index (χ0n) is 7.73. The molecule has 1 rings (SSSR count). The lowest BCUT2D eigenvalue weighted by atomic mass is 10.1. The average molecular weight is 332 g/mol. The quantitative estimate of drug-likeness (QED) is 0.668. The number of hydrogen-bond acceptors (Lipinski definition) is 3. The number of rotatable bonds is 2. The number of nitrogens with zero attached hydrogens (tertiary/aromatic N) is 1. The highest BCUT2D eigenvalue weighted by molar-refractivity contribution is 14.1. The maximum Gasteiger partial charge on any atom is 0.574 e. The van der Waals surface area contributed by atoms with Crippen molar-refractivity contribution in [1.82, 2.24) is 4.98 Å². The molecule has 0 aliphatic rings. The molecular weight excluding hydrogens is 324 g/mol. The van der Waals surface area contributed by atoms with Crippen LogP contribution in [0.5, 0.6) is 5.88 Å². The topological polar surface area (TPSA) is 48.1 Å². The van der Waals surface area contributed by atoms with E-state index in [9.17, 15) is 13.2 Å². The highest BCUT2D eigenvalue weighted by Gasteiger charge is 2.32. The fraction of sp³-hybridized carbons (Fsp3) is 0.375. The van der Waals surface area contributed by atoms with E-state index < -0.39 is 12.2 Å². The van der Waals surface area contributed by atoms with Crippen LogP contribution in [0.3, 0.4) is 0 Å². The summed E-state index contributed by atoms with van der Waals surface area (Å²) in [5.41, 5.74) is 6.29. The van der Waals surface area contributed by atoms with Crippen LogP contribution in [0.1, 0.15) is 11.1 Å². The van der Waals surface area contributed by atoms with E-state index in [0.29, 0.717) is 14.8 Å². The maximum absolute atomic E-state index is 12.0. The summed E-state index contributed by atoms with van der Waals surface area (Å²) in [6.45, 7) is 1.64. The van der Waals surface area contributed by atoms with Gasteiger partial charge in [-0.2, -0.15) is 0 Å². The molecule has 1 aromatic heterocycles. The lowest BCUT2D eigenvalue weighted by Crippen LogP contribution is -2.19. The summed E-state index contributed by atoms with van der Waals surface area (Å²) < 4.78 is 40.2. The average Bonchev–Trinajstić information content (AvgIpc) is 2.08. The van der Waals surface area contributed by atoms with Crippen LogP contribution in [0.2, 0.25) is 0 Å². The van der Waals surface area contributed by atoms with Crippen molar-refractivity contribution in [2.24, 2.45) is 5.73 Å². The van der Waals surface area contributed by atoms with Crippen molar-refractivity contribution in [1.29, 1.82) is 0 Å². The molecule has 2 N–H and O–H groups in total. The van der Waals surface area contributed by atoms with Crippen molar-refractivity contribution in [3.8, 4) is 5.88 Å². The second kappa shape index (κ2) is 4.52. The van der Waals surface area contributed by atoms with Crippen LogP contribution >= 0.6 is 22.6 Å². The second-order valence-corrected chi connectivity index (χ2v) is 3.89. The van der Waals surface area contributed by atoms with Crippen LogP contribution < -0.4 is 10.5 Å². The molecule has 15 heavy (non-hydrogen) atoms. The van der Waals surface area contributed by atoms with Crippen LogP contribution in [0, 0.1) is 10.6 Å². The number of hydrogen-bond donors (Lipinski definition) is 1. The lowest BCUT2D eigenvalue weighted by molar-refractivity contribution is -0.276. The van der Waals surface area contributed by atoms with Crippen molar-refractivity contribution in [2.45, 2.75) is 19.8 Å². The van der Waals surface area contributed by atoms with Crippen molar-refractivity contribution >= 4 is 22.6 Å². The van der Waals surface area contributed by atoms with Crippen LogP contribution in [0.4, 0.5) is 13.2 Å². The molecule has 0 aromatic carbocycles. The summed E-state index contributed by atoms with van der Waals surface area (Å²) in [5, 5.41) is 0. The van der Waals surface area contributed by atoms with Gasteiger partial charge in [0.15, 0.2) is 0 Å². The van der Waals surface area contributed by atoms with E-state index in [1.165, 1.54) is 6.92 Å². The Morgan fingerprint density at radius 1 is 1.53 bits per heavy atom. The highest BCUT2D eigenvalue weighted by atomic mass is 127. The first-order valence-corrected chi connectivity index (χ1v) is 5.03. The van der Waals surface area contributed by atoms with E-state index in [1.807, 2.05) is 22.6 Å². The molecule has 0 saturated carbocycles. The summed E-state index contributed by atoms with van der Waals surface area (Å²) >= 11 is 1.81. The van der Waals surface area contributed by atoms with E-state index in [1.54, 1.807) is 6.07 Å². The van der Waals surface area contributed by atoms with Crippen LogP contribution in [-0.4, -0.2) is 11.3 Å². The number of halogens is 4. The summed E-state index contributed by atoms with van der Waals surface area (Å²) in [6, 6.07) is 1.62. The molecule has 0 aliphatic carbocycles. The first-order chi connectivity index (χ1) is 6.83. The van der Waals surface area contributed by atoms with Gasteiger partial charge in [-0.25, -0.2) is 4.98 Å². The third-order valence-electron chi connectivity index (χ3n) is 1.74. The van der Waals surface area contributed by atoms with E-state index >= 15 is 0 Å². The molecule has 0 radical (unpaired) electrons. The normalized spacial score (nSPS) is 11.6. The number of aromatic nitrogens is 1. The van der Waals surface area contributed by atoms with Crippen molar-refractivity contribution in [3.05, 3.63) is 20.9 Å². The SMILES string of the molecule is Cc1c(CN)cc(I)nc1OC(F)(F)F. The predicted octanol–water partition coefficient (Wildman–Crippen LogP) is 2.35. The minimum absolute atomic E-state index is 0.151. The van der Waals surface area contributed by atoms with Crippen LogP contribution in [-0.2, 0) is 6.54 Å². The Labute approximate surface area is 98.0 Å². The first-order valence-electron chi connectivity index (χ1n) is 3.95. The van der Waals surface area contributed by atoms with Crippen LogP contribution in [0.25, 0.3) is 0 Å². The van der Waals surface area contributed by atoms with Gasteiger partial charge in [0, 0.05) is 12.1 Å². The minimum atomic E-state index is -4.73. The number of pyridine rings is 1. The van der Waals surface area contributed by atoms with Gasteiger partial charge in [-0.3, -0.25) is 0 Å². The van der Waals surface area contributed by atoms with E-state index in [0.717, 1.165) is 0 Å². The zero-order valence-corrected chi connectivity index (χ0v) is 9.89. The predicted molar refractivity (Wildman–Crippen MR) is 56.3 cm³/mol. The molecule has 7 heteroatoms. The van der Waals surface area contributed by atoms with E-state index in [4.69, 9.17) is 5.73 Å². The fourth-order valence-electron chi connectivity index (χ4n) is 1.02. The summed E-state index contributed by atoms with van der Waals surface area (Å²) in [5.74, 6) is -0.435. The minimum Gasteiger partial charge on any atom is -0.388 e. The largest absolute Gasteiger partial charge is 0.574 e. The smallest absolute Gasteiger partial charge is 0.388 e. The Morgan fingerprint density at radius 2 is 2.13 bits per heavy atom. The summed E-state index contributed by atoms with van der Waals surface area (Å²) in [4.78, 5) is 3.66. The molecule has 3 nitrogen and oxygen atoms in total. The Balaban J connectivity index is 3.12. The molecule has 0 spiro atoms. The Hall–Kier alpha value is -0.570. The number of alkyl halides is 3. The summed E-state index contributed by atoms with van der Waals surface area (Å²) in [6.07, 6.45) is -4.73. The molecule has 84 valence electrons. The molecule has 0 fully saturated rings. The summed E-state index contributed by atoms with van der Waals surface area (Å²) in [7, 11) is 0.